The highest BCUT2D eigenvalue weighted by Gasteiger charge is 2.47. The minimum atomic E-state index is -0.693. The van der Waals surface area contributed by atoms with Crippen molar-refractivity contribution in [1.82, 2.24) is 10.2 Å². The summed E-state index contributed by atoms with van der Waals surface area (Å²) in [4.78, 5) is 14.3. The third kappa shape index (κ3) is 3.73. The lowest BCUT2D eigenvalue weighted by atomic mass is 9.96. The highest BCUT2D eigenvalue weighted by atomic mass is 16.4. The number of hydrogen-bond donors (Lipinski definition) is 2. The van der Waals surface area contributed by atoms with Crippen LogP contribution in [-0.2, 0) is 4.79 Å². The van der Waals surface area contributed by atoms with Crippen molar-refractivity contribution in [2.45, 2.75) is 82.8 Å². The fraction of sp³-hybridized carbons (Fsp3) is 0.938. The van der Waals surface area contributed by atoms with Gasteiger partial charge in [-0.1, -0.05) is 19.3 Å². The van der Waals surface area contributed by atoms with Gasteiger partial charge in [0.2, 0.25) is 0 Å². The lowest BCUT2D eigenvalue weighted by Gasteiger charge is -2.33. The number of hydrogen-bond acceptors (Lipinski definition) is 3. The van der Waals surface area contributed by atoms with Crippen LogP contribution in [0.1, 0.15) is 65.2 Å². The van der Waals surface area contributed by atoms with E-state index in [1.54, 1.807) is 0 Å². The van der Waals surface area contributed by atoms with Gasteiger partial charge in [0.15, 0.2) is 0 Å². The molecule has 0 aromatic heterocycles. The molecule has 2 fully saturated rings. The van der Waals surface area contributed by atoms with Gasteiger partial charge in [-0.3, -0.25) is 10.1 Å². The maximum Gasteiger partial charge on any atom is 0.323 e. The van der Waals surface area contributed by atoms with Crippen molar-refractivity contribution in [3.8, 4) is 0 Å². The zero-order valence-corrected chi connectivity index (χ0v) is 13.0. The van der Waals surface area contributed by atoms with Crippen LogP contribution in [0.25, 0.3) is 0 Å². The Bertz CT molecular complexity index is 324. The molecule has 2 N–H and O–H groups in total. The van der Waals surface area contributed by atoms with Gasteiger partial charge in [0.25, 0.3) is 0 Å². The lowest BCUT2D eigenvalue weighted by molar-refractivity contribution is -0.145. The zero-order valence-electron chi connectivity index (χ0n) is 13.0. The number of carboxylic acids is 1. The van der Waals surface area contributed by atoms with Crippen LogP contribution in [0.2, 0.25) is 0 Å². The molecule has 2 atom stereocenters. The Balaban J connectivity index is 1.99. The Morgan fingerprint density at radius 3 is 2.35 bits per heavy atom. The molecule has 1 heterocycles. The predicted molar refractivity (Wildman–Crippen MR) is 80.9 cm³/mol. The van der Waals surface area contributed by atoms with E-state index in [-0.39, 0.29) is 6.04 Å². The van der Waals surface area contributed by atoms with E-state index in [9.17, 15) is 9.90 Å². The summed E-state index contributed by atoms with van der Waals surface area (Å²) in [5.41, 5.74) is -0.693. The Morgan fingerprint density at radius 1 is 1.20 bits per heavy atom. The van der Waals surface area contributed by atoms with E-state index >= 15 is 0 Å². The number of likely N-dealkylation sites (tertiary alicyclic amines) is 1. The first kappa shape index (κ1) is 15.8. The molecule has 0 aromatic rings. The van der Waals surface area contributed by atoms with Crippen LogP contribution in [-0.4, -0.2) is 46.7 Å². The number of rotatable bonds is 4. The van der Waals surface area contributed by atoms with Crippen LogP contribution < -0.4 is 5.32 Å². The molecule has 0 aromatic carbocycles. The van der Waals surface area contributed by atoms with Gasteiger partial charge in [0, 0.05) is 12.1 Å². The molecule has 116 valence electrons. The second-order valence-electron chi connectivity index (χ2n) is 6.89. The van der Waals surface area contributed by atoms with Crippen LogP contribution in [0.3, 0.4) is 0 Å². The van der Waals surface area contributed by atoms with E-state index in [2.05, 4.69) is 10.2 Å². The SMILES string of the molecule is CC(C)NC1(C(=O)O)CCC(N2CCCCCCC2)C1. The molecule has 20 heavy (non-hydrogen) atoms. The van der Waals surface area contributed by atoms with Gasteiger partial charge in [-0.15, -0.1) is 0 Å². The van der Waals surface area contributed by atoms with E-state index < -0.39 is 11.5 Å². The monoisotopic (exact) mass is 282 g/mol. The van der Waals surface area contributed by atoms with Crippen LogP contribution in [0.5, 0.6) is 0 Å². The average Bonchev–Trinajstić information content (AvgIpc) is 2.73. The lowest BCUT2D eigenvalue weighted by Crippen LogP contribution is -2.54. The molecule has 2 unspecified atom stereocenters. The predicted octanol–water partition coefficient (Wildman–Crippen LogP) is 2.63. The van der Waals surface area contributed by atoms with Gasteiger partial charge in [0.05, 0.1) is 0 Å². The summed E-state index contributed by atoms with van der Waals surface area (Å²) >= 11 is 0. The van der Waals surface area contributed by atoms with Crippen LogP contribution in [0, 0.1) is 0 Å². The van der Waals surface area contributed by atoms with E-state index in [0.29, 0.717) is 6.04 Å². The Hall–Kier alpha value is -0.610. The summed E-state index contributed by atoms with van der Waals surface area (Å²) in [6, 6.07) is 0.674. The normalized spacial score (nSPS) is 33.0. The molecule has 1 aliphatic heterocycles. The molecule has 1 saturated heterocycles. The van der Waals surface area contributed by atoms with Crippen molar-refractivity contribution in [2.24, 2.45) is 0 Å². The largest absolute Gasteiger partial charge is 0.480 e. The van der Waals surface area contributed by atoms with E-state index in [4.69, 9.17) is 0 Å². The van der Waals surface area contributed by atoms with Crippen molar-refractivity contribution < 1.29 is 9.90 Å². The van der Waals surface area contributed by atoms with Gasteiger partial charge in [-0.05, 0) is 59.0 Å². The van der Waals surface area contributed by atoms with Crippen LogP contribution >= 0.6 is 0 Å². The second kappa shape index (κ2) is 6.90. The van der Waals surface area contributed by atoms with Gasteiger partial charge >= 0.3 is 5.97 Å². The van der Waals surface area contributed by atoms with Crippen molar-refractivity contribution in [2.75, 3.05) is 13.1 Å². The van der Waals surface area contributed by atoms with Gasteiger partial charge in [-0.25, -0.2) is 0 Å². The van der Waals surface area contributed by atoms with E-state index in [1.165, 1.54) is 32.1 Å². The first-order chi connectivity index (χ1) is 9.53. The van der Waals surface area contributed by atoms with Gasteiger partial charge in [-0.2, -0.15) is 0 Å². The maximum atomic E-state index is 11.7. The first-order valence-corrected chi connectivity index (χ1v) is 8.29. The summed E-state index contributed by atoms with van der Waals surface area (Å²) < 4.78 is 0. The van der Waals surface area contributed by atoms with Gasteiger partial charge < -0.3 is 10.0 Å². The molecule has 0 spiro atoms. The summed E-state index contributed by atoms with van der Waals surface area (Å²) in [5.74, 6) is -0.666. The number of aliphatic carboxylic acids is 1. The third-order valence-electron chi connectivity index (χ3n) is 4.87. The quantitative estimate of drug-likeness (QED) is 0.832. The standard InChI is InChI=1S/C16H30N2O2/c1-13(2)17-16(15(19)20)9-8-14(12-16)18-10-6-4-3-5-7-11-18/h13-14,17H,3-12H2,1-2H3,(H,19,20). The van der Waals surface area contributed by atoms with E-state index in [1.807, 2.05) is 13.8 Å². The summed E-state index contributed by atoms with van der Waals surface area (Å²) in [6.45, 7) is 6.38. The maximum absolute atomic E-state index is 11.7. The van der Waals surface area contributed by atoms with Crippen molar-refractivity contribution in [1.29, 1.82) is 0 Å². The molecular formula is C16H30N2O2. The van der Waals surface area contributed by atoms with Crippen molar-refractivity contribution >= 4 is 5.97 Å². The summed E-state index contributed by atoms with van der Waals surface area (Å²) in [6.07, 6.45) is 9.12. The average molecular weight is 282 g/mol. The van der Waals surface area contributed by atoms with Crippen molar-refractivity contribution in [3.63, 3.8) is 0 Å². The van der Waals surface area contributed by atoms with Gasteiger partial charge in [0.1, 0.15) is 5.54 Å². The summed E-state index contributed by atoms with van der Waals surface area (Å²) in [7, 11) is 0. The molecule has 1 aliphatic carbocycles. The Labute approximate surface area is 122 Å². The summed E-state index contributed by atoms with van der Waals surface area (Å²) in [5, 5.41) is 13.0. The van der Waals surface area contributed by atoms with Crippen molar-refractivity contribution in [3.05, 3.63) is 0 Å². The fourth-order valence-electron chi connectivity index (χ4n) is 3.91. The molecule has 2 aliphatic rings. The Kier molecular flexibility index (Phi) is 5.44. The third-order valence-corrected chi connectivity index (χ3v) is 4.87. The molecule has 1 saturated carbocycles. The second-order valence-corrected chi connectivity index (χ2v) is 6.89. The Morgan fingerprint density at radius 2 is 1.80 bits per heavy atom. The molecule has 0 radical (unpaired) electrons. The first-order valence-electron chi connectivity index (χ1n) is 8.29. The highest BCUT2D eigenvalue weighted by Crippen LogP contribution is 2.34. The molecule has 0 bridgehead atoms. The number of carboxylic acid groups (broad SMARTS) is 1. The highest BCUT2D eigenvalue weighted by molar-refractivity contribution is 5.79. The number of nitrogens with zero attached hydrogens (tertiary/aromatic N) is 1. The minimum absolute atomic E-state index is 0.220. The minimum Gasteiger partial charge on any atom is -0.480 e. The fourth-order valence-corrected chi connectivity index (χ4v) is 3.91. The van der Waals surface area contributed by atoms with E-state index in [0.717, 1.165) is 32.4 Å². The van der Waals surface area contributed by atoms with Crippen LogP contribution in [0.4, 0.5) is 0 Å². The molecule has 4 nitrogen and oxygen atoms in total. The molecule has 2 rings (SSSR count). The molecule has 4 heteroatoms. The smallest absolute Gasteiger partial charge is 0.323 e. The number of carbonyl (C=O) groups is 1. The molecule has 0 amide bonds. The van der Waals surface area contributed by atoms with Crippen LogP contribution in [0.15, 0.2) is 0 Å². The molecular weight excluding hydrogens is 252 g/mol. The zero-order chi connectivity index (χ0) is 14.6. The number of nitrogens with one attached hydrogen (secondary N) is 1. The topological polar surface area (TPSA) is 52.6 Å².